The highest BCUT2D eigenvalue weighted by Gasteiger charge is 2.29. The number of nitrogens with zero attached hydrogens (tertiary/aromatic N) is 2. The monoisotopic (exact) mass is 394 g/mol. The van der Waals surface area contributed by atoms with Crippen molar-refractivity contribution in [3.05, 3.63) is 34.3 Å². The molecule has 24 heavy (non-hydrogen) atoms. The van der Waals surface area contributed by atoms with Crippen LogP contribution in [0.15, 0.2) is 28.7 Å². The van der Waals surface area contributed by atoms with E-state index in [-0.39, 0.29) is 5.91 Å². The van der Waals surface area contributed by atoms with E-state index in [1.165, 1.54) is 25.8 Å². The first-order valence-corrected chi connectivity index (χ1v) is 10.2. The molecular formula is C20H31BrN2O. The van der Waals surface area contributed by atoms with Gasteiger partial charge in [0.1, 0.15) is 0 Å². The van der Waals surface area contributed by atoms with Crippen LogP contribution in [0.3, 0.4) is 0 Å². The largest absolute Gasteiger partial charge is 0.339 e. The molecule has 1 amide bonds. The number of carbonyl (C=O) groups is 1. The van der Waals surface area contributed by atoms with Crippen molar-refractivity contribution in [3.63, 3.8) is 0 Å². The Morgan fingerprint density at radius 3 is 2.25 bits per heavy atom. The van der Waals surface area contributed by atoms with Crippen molar-refractivity contribution < 1.29 is 4.79 Å². The zero-order chi connectivity index (χ0) is 17.5. The number of hydrogen-bond donors (Lipinski definition) is 0. The fourth-order valence-corrected chi connectivity index (χ4v) is 4.12. The third kappa shape index (κ3) is 4.82. The lowest BCUT2D eigenvalue weighted by Crippen LogP contribution is -2.50. The minimum Gasteiger partial charge on any atom is -0.339 e. The van der Waals surface area contributed by atoms with Crippen LogP contribution in [-0.2, 0) is 0 Å². The molecule has 3 nitrogen and oxygen atoms in total. The number of carbonyl (C=O) groups excluding carboxylic acids is 1. The Morgan fingerprint density at radius 1 is 1.17 bits per heavy atom. The Hall–Kier alpha value is -0.870. The second-order valence-electron chi connectivity index (χ2n) is 6.74. The van der Waals surface area contributed by atoms with Gasteiger partial charge in [-0.15, -0.1) is 0 Å². The van der Waals surface area contributed by atoms with Crippen LogP contribution in [-0.4, -0.2) is 47.4 Å². The second-order valence-corrected chi connectivity index (χ2v) is 7.65. The van der Waals surface area contributed by atoms with Crippen molar-refractivity contribution >= 4 is 21.8 Å². The van der Waals surface area contributed by atoms with Crippen molar-refractivity contribution in [1.29, 1.82) is 0 Å². The molecule has 0 saturated carbocycles. The van der Waals surface area contributed by atoms with Gasteiger partial charge in [0.15, 0.2) is 0 Å². The summed E-state index contributed by atoms with van der Waals surface area (Å²) in [5.74, 6) is 0.172. The number of benzene rings is 1. The smallest absolute Gasteiger partial charge is 0.253 e. The van der Waals surface area contributed by atoms with E-state index in [1.807, 2.05) is 29.2 Å². The molecule has 0 radical (unpaired) electrons. The van der Waals surface area contributed by atoms with Crippen molar-refractivity contribution in [1.82, 2.24) is 9.80 Å². The van der Waals surface area contributed by atoms with E-state index < -0.39 is 0 Å². The lowest BCUT2D eigenvalue weighted by Gasteiger charge is -2.42. The Bertz CT molecular complexity index is 505. The van der Waals surface area contributed by atoms with Gasteiger partial charge in [-0.05, 0) is 62.9 Å². The first kappa shape index (κ1) is 19.5. The third-order valence-corrected chi connectivity index (χ3v) is 5.73. The zero-order valence-corrected chi connectivity index (χ0v) is 16.9. The van der Waals surface area contributed by atoms with Crippen molar-refractivity contribution in [2.75, 3.05) is 19.6 Å². The molecule has 1 fully saturated rings. The van der Waals surface area contributed by atoms with E-state index in [2.05, 4.69) is 41.6 Å². The summed E-state index contributed by atoms with van der Waals surface area (Å²) in [4.78, 5) is 17.4. The predicted molar refractivity (Wildman–Crippen MR) is 104 cm³/mol. The van der Waals surface area contributed by atoms with E-state index in [0.29, 0.717) is 12.1 Å². The third-order valence-electron chi connectivity index (χ3n) is 5.21. The molecule has 4 heteroatoms. The minimum absolute atomic E-state index is 0.172. The van der Waals surface area contributed by atoms with Crippen LogP contribution in [0.25, 0.3) is 0 Å². The van der Waals surface area contributed by atoms with Crippen LogP contribution in [0.1, 0.15) is 63.2 Å². The van der Waals surface area contributed by atoms with Gasteiger partial charge in [0.2, 0.25) is 0 Å². The van der Waals surface area contributed by atoms with Gasteiger partial charge >= 0.3 is 0 Å². The molecule has 0 aromatic heterocycles. The molecule has 0 bridgehead atoms. The molecule has 0 N–H and O–H groups in total. The fourth-order valence-electron chi connectivity index (χ4n) is 3.85. The van der Waals surface area contributed by atoms with Gasteiger partial charge in [-0.25, -0.2) is 0 Å². The van der Waals surface area contributed by atoms with Crippen LogP contribution in [0.5, 0.6) is 0 Å². The summed E-state index contributed by atoms with van der Waals surface area (Å²) in [5, 5.41) is 0. The number of rotatable bonds is 7. The van der Waals surface area contributed by atoms with Crippen LogP contribution in [0, 0.1) is 0 Å². The van der Waals surface area contributed by atoms with Gasteiger partial charge in [-0.1, -0.05) is 36.7 Å². The van der Waals surface area contributed by atoms with Gasteiger partial charge in [0.25, 0.3) is 5.91 Å². The highest BCUT2D eigenvalue weighted by atomic mass is 79.9. The maximum atomic E-state index is 12.7. The van der Waals surface area contributed by atoms with Crippen LogP contribution in [0.4, 0.5) is 0 Å². The molecule has 0 unspecified atom stereocenters. The van der Waals surface area contributed by atoms with Gasteiger partial charge in [-0.3, -0.25) is 9.69 Å². The Kier molecular flexibility index (Phi) is 7.76. The fraction of sp³-hybridized carbons (Fsp3) is 0.650. The maximum Gasteiger partial charge on any atom is 0.253 e. The van der Waals surface area contributed by atoms with Crippen LogP contribution < -0.4 is 0 Å². The van der Waals surface area contributed by atoms with E-state index in [0.717, 1.165) is 36.0 Å². The van der Waals surface area contributed by atoms with Gasteiger partial charge in [-0.2, -0.15) is 0 Å². The quantitative estimate of drug-likeness (QED) is 0.652. The molecule has 134 valence electrons. The highest BCUT2D eigenvalue weighted by molar-refractivity contribution is 9.10. The topological polar surface area (TPSA) is 23.6 Å². The molecule has 1 aromatic rings. The average molecular weight is 395 g/mol. The van der Waals surface area contributed by atoms with E-state index in [1.54, 1.807) is 0 Å². The average Bonchev–Trinajstić information content (AvgIpc) is 2.62. The number of piperidine rings is 1. The lowest BCUT2D eigenvalue weighted by molar-refractivity contribution is 0.0516. The van der Waals surface area contributed by atoms with Crippen molar-refractivity contribution in [3.8, 4) is 0 Å². The molecule has 0 aliphatic carbocycles. The highest BCUT2D eigenvalue weighted by Crippen LogP contribution is 2.23. The maximum absolute atomic E-state index is 12.7. The summed E-state index contributed by atoms with van der Waals surface area (Å²) >= 11 is 3.43. The molecule has 2 rings (SSSR count). The summed E-state index contributed by atoms with van der Waals surface area (Å²) < 4.78 is 1.01. The Morgan fingerprint density at radius 2 is 1.75 bits per heavy atom. The zero-order valence-electron chi connectivity index (χ0n) is 15.3. The first-order chi connectivity index (χ1) is 11.6. The second kappa shape index (κ2) is 9.57. The summed E-state index contributed by atoms with van der Waals surface area (Å²) in [5.41, 5.74) is 0.794. The van der Waals surface area contributed by atoms with E-state index >= 15 is 0 Å². The lowest BCUT2D eigenvalue weighted by atomic mass is 9.98. The van der Waals surface area contributed by atoms with Gasteiger partial charge in [0, 0.05) is 35.2 Å². The molecule has 0 atom stereocenters. The Labute approximate surface area is 155 Å². The number of hydrogen-bond acceptors (Lipinski definition) is 2. The normalized spacial score (nSPS) is 16.2. The Balaban J connectivity index is 1.96. The van der Waals surface area contributed by atoms with E-state index in [4.69, 9.17) is 0 Å². The SMILES string of the molecule is CCCN(C(CC)CC)C1CCN(C(=O)c2ccc(Br)cc2)CC1. The molecule has 0 spiro atoms. The summed E-state index contributed by atoms with van der Waals surface area (Å²) in [6.07, 6.45) is 5.83. The molecule has 1 aliphatic rings. The summed E-state index contributed by atoms with van der Waals surface area (Å²) in [6.45, 7) is 9.78. The molecule has 1 saturated heterocycles. The minimum atomic E-state index is 0.172. The van der Waals surface area contributed by atoms with Gasteiger partial charge in [0.05, 0.1) is 0 Å². The number of amides is 1. The molecular weight excluding hydrogens is 364 g/mol. The number of likely N-dealkylation sites (tertiary alicyclic amines) is 1. The van der Waals surface area contributed by atoms with Crippen LogP contribution >= 0.6 is 15.9 Å². The number of halogens is 1. The molecule has 1 aromatic carbocycles. The standard InChI is InChI=1S/C20H31BrN2O/c1-4-13-23(18(5-2)6-3)19-11-14-22(15-12-19)20(24)16-7-9-17(21)10-8-16/h7-10,18-19H,4-6,11-15H2,1-3H3. The van der Waals surface area contributed by atoms with Crippen molar-refractivity contribution in [2.45, 2.75) is 65.0 Å². The summed E-state index contributed by atoms with van der Waals surface area (Å²) in [6, 6.07) is 9.01. The molecule has 1 heterocycles. The molecule has 1 aliphatic heterocycles. The van der Waals surface area contributed by atoms with Crippen molar-refractivity contribution in [2.24, 2.45) is 0 Å². The van der Waals surface area contributed by atoms with Gasteiger partial charge < -0.3 is 4.90 Å². The van der Waals surface area contributed by atoms with Crippen LogP contribution in [0.2, 0.25) is 0 Å². The van der Waals surface area contributed by atoms with E-state index in [9.17, 15) is 4.79 Å². The predicted octanol–water partition coefficient (Wildman–Crippen LogP) is 4.95. The first-order valence-electron chi connectivity index (χ1n) is 9.41. The summed E-state index contributed by atoms with van der Waals surface area (Å²) in [7, 11) is 0.